The van der Waals surface area contributed by atoms with Gasteiger partial charge in [-0.3, -0.25) is 0 Å². The summed E-state index contributed by atoms with van der Waals surface area (Å²) in [6.45, 7) is 2.03. The topological polar surface area (TPSA) is 34.1 Å². The van der Waals surface area contributed by atoms with Crippen LogP contribution in [0.4, 0.5) is 0 Å². The van der Waals surface area contributed by atoms with Crippen molar-refractivity contribution in [3.63, 3.8) is 0 Å². The summed E-state index contributed by atoms with van der Waals surface area (Å²) in [6.07, 6.45) is 1.48. The van der Waals surface area contributed by atoms with E-state index in [1.54, 1.807) is 0 Å². The van der Waals surface area contributed by atoms with Crippen LogP contribution < -0.4 is 0 Å². The largest absolute Gasteiger partial charge is 0.235 e. The van der Waals surface area contributed by atoms with E-state index in [-0.39, 0.29) is 5.25 Å². The standard InChI is InChI=1S/C5H9ClO2S/c1-4-2-5(3-4)9(6,7)8/h4-5H,2-3H2,1H3. The molecule has 54 valence electrons. The Morgan fingerprint density at radius 2 is 1.89 bits per heavy atom. The molecule has 4 heteroatoms. The zero-order chi connectivity index (χ0) is 7.07. The molecule has 0 N–H and O–H groups in total. The van der Waals surface area contributed by atoms with Crippen LogP contribution in [0, 0.1) is 5.92 Å². The first-order chi connectivity index (χ1) is 4.00. The fourth-order valence-electron chi connectivity index (χ4n) is 1.06. The zero-order valence-electron chi connectivity index (χ0n) is 5.17. The third kappa shape index (κ3) is 1.58. The molecule has 0 spiro atoms. The minimum Gasteiger partial charge on any atom is -0.212 e. The van der Waals surface area contributed by atoms with Crippen molar-refractivity contribution < 1.29 is 8.42 Å². The van der Waals surface area contributed by atoms with Gasteiger partial charge in [0.05, 0.1) is 5.25 Å². The molecule has 9 heavy (non-hydrogen) atoms. The molecular weight excluding hydrogens is 160 g/mol. The van der Waals surface area contributed by atoms with Gasteiger partial charge < -0.3 is 0 Å². The van der Waals surface area contributed by atoms with Crippen LogP contribution in [0.2, 0.25) is 0 Å². The van der Waals surface area contributed by atoms with E-state index in [1.165, 1.54) is 0 Å². The molecule has 0 aromatic carbocycles. The molecule has 2 nitrogen and oxygen atoms in total. The first kappa shape index (κ1) is 7.35. The third-order valence-electron chi connectivity index (χ3n) is 1.73. The fourth-order valence-corrected chi connectivity index (χ4v) is 2.61. The summed E-state index contributed by atoms with van der Waals surface area (Å²) < 4.78 is 21.0. The second kappa shape index (κ2) is 2.13. The Balaban J connectivity index is 2.51. The Kier molecular flexibility index (Phi) is 1.74. The molecule has 1 saturated carbocycles. The van der Waals surface area contributed by atoms with Gasteiger partial charge in [0.15, 0.2) is 0 Å². The molecule has 0 aromatic heterocycles. The highest BCUT2D eigenvalue weighted by Crippen LogP contribution is 2.33. The minimum absolute atomic E-state index is 0.255. The van der Waals surface area contributed by atoms with Crippen molar-refractivity contribution in [2.45, 2.75) is 25.0 Å². The van der Waals surface area contributed by atoms with Crippen LogP contribution in [0.1, 0.15) is 19.8 Å². The van der Waals surface area contributed by atoms with Gasteiger partial charge >= 0.3 is 0 Å². The Morgan fingerprint density at radius 1 is 1.44 bits per heavy atom. The Morgan fingerprint density at radius 3 is 2.00 bits per heavy atom. The zero-order valence-corrected chi connectivity index (χ0v) is 6.74. The maximum Gasteiger partial charge on any atom is 0.235 e. The van der Waals surface area contributed by atoms with Crippen LogP contribution >= 0.6 is 10.7 Å². The van der Waals surface area contributed by atoms with Crippen molar-refractivity contribution in [1.82, 2.24) is 0 Å². The van der Waals surface area contributed by atoms with Gasteiger partial charge in [-0.1, -0.05) is 6.92 Å². The van der Waals surface area contributed by atoms with Crippen LogP contribution in [0.5, 0.6) is 0 Å². The molecule has 1 fully saturated rings. The minimum atomic E-state index is -3.23. The maximum absolute atomic E-state index is 10.5. The summed E-state index contributed by atoms with van der Waals surface area (Å²) >= 11 is 0. The van der Waals surface area contributed by atoms with E-state index in [2.05, 4.69) is 0 Å². The number of hydrogen-bond donors (Lipinski definition) is 0. The normalized spacial score (nSPS) is 35.8. The van der Waals surface area contributed by atoms with Crippen molar-refractivity contribution in [3.05, 3.63) is 0 Å². The highest BCUT2D eigenvalue weighted by atomic mass is 35.7. The average molecular weight is 169 g/mol. The van der Waals surface area contributed by atoms with Crippen molar-refractivity contribution in [2.24, 2.45) is 5.92 Å². The molecule has 0 atom stereocenters. The van der Waals surface area contributed by atoms with E-state index >= 15 is 0 Å². The summed E-state index contributed by atoms with van der Waals surface area (Å²) in [5.74, 6) is 0.545. The maximum atomic E-state index is 10.5. The molecule has 0 saturated heterocycles. The van der Waals surface area contributed by atoms with E-state index in [1.807, 2.05) is 6.92 Å². The van der Waals surface area contributed by atoms with Crippen molar-refractivity contribution >= 4 is 19.7 Å². The molecular formula is C5H9ClO2S. The quantitative estimate of drug-likeness (QED) is 0.554. The van der Waals surface area contributed by atoms with Crippen LogP contribution in [-0.2, 0) is 9.05 Å². The lowest BCUT2D eigenvalue weighted by atomic mass is 9.87. The molecule has 0 amide bonds. The summed E-state index contributed by atoms with van der Waals surface area (Å²) in [6, 6.07) is 0. The van der Waals surface area contributed by atoms with Gasteiger partial charge in [-0.25, -0.2) is 8.42 Å². The molecule has 0 bridgehead atoms. The van der Waals surface area contributed by atoms with Gasteiger partial charge in [0.2, 0.25) is 9.05 Å². The number of halogens is 1. The lowest BCUT2D eigenvalue weighted by molar-refractivity contribution is 0.347. The second-order valence-corrected chi connectivity index (χ2v) is 5.58. The van der Waals surface area contributed by atoms with Crippen molar-refractivity contribution in [1.29, 1.82) is 0 Å². The van der Waals surface area contributed by atoms with E-state index in [0.717, 1.165) is 12.8 Å². The molecule has 0 aromatic rings. The Bertz CT molecular complexity index is 191. The fraction of sp³-hybridized carbons (Fsp3) is 1.00. The van der Waals surface area contributed by atoms with Crippen LogP contribution in [-0.4, -0.2) is 13.7 Å². The van der Waals surface area contributed by atoms with Gasteiger partial charge in [-0.05, 0) is 18.8 Å². The van der Waals surface area contributed by atoms with Gasteiger partial charge in [-0.15, -0.1) is 0 Å². The van der Waals surface area contributed by atoms with E-state index in [4.69, 9.17) is 10.7 Å². The molecule has 0 aliphatic heterocycles. The molecule has 1 aliphatic rings. The Labute approximate surface area is 59.6 Å². The lowest BCUT2D eigenvalue weighted by Gasteiger charge is -2.29. The smallest absolute Gasteiger partial charge is 0.212 e. The number of rotatable bonds is 1. The van der Waals surface area contributed by atoms with Gasteiger partial charge in [0.1, 0.15) is 0 Å². The van der Waals surface area contributed by atoms with Gasteiger partial charge in [0.25, 0.3) is 0 Å². The number of hydrogen-bond acceptors (Lipinski definition) is 2. The SMILES string of the molecule is CC1CC(S(=O)(=O)Cl)C1. The third-order valence-corrected chi connectivity index (χ3v) is 3.67. The van der Waals surface area contributed by atoms with Crippen molar-refractivity contribution in [2.75, 3.05) is 0 Å². The molecule has 0 radical (unpaired) electrons. The monoisotopic (exact) mass is 168 g/mol. The second-order valence-electron chi connectivity index (χ2n) is 2.67. The van der Waals surface area contributed by atoms with Gasteiger partial charge in [0, 0.05) is 10.7 Å². The molecule has 1 rings (SSSR count). The highest BCUT2D eigenvalue weighted by molar-refractivity contribution is 8.14. The molecule has 1 aliphatic carbocycles. The van der Waals surface area contributed by atoms with Gasteiger partial charge in [-0.2, -0.15) is 0 Å². The molecule has 0 heterocycles. The van der Waals surface area contributed by atoms with Crippen LogP contribution in [0.3, 0.4) is 0 Å². The van der Waals surface area contributed by atoms with E-state index in [0.29, 0.717) is 5.92 Å². The van der Waals surface area contributed by atoms with Crippen molar-refractivity contribution in [3.8, 4) is 0 Å². The van der Waals surface area contributed by atoms with Crippen LogP contribution in [0.15, 0.2) is 0 Å². The molecule has 0 unspecified atom stereocenters. The summed E-state index contributed by atoms with van der Waals surface area (Å²) in [7, 11) is 1.85. The first-order valence-corrected chi connectivity index (χ1v) is 5.31. The summed E-state index contributed by atoms with van der Waals surface area (Å²) in [5.41, 5.74) is 0. The van der Waals surface area contributed by atoms with Crippen LogP contribution in [0.25, 0.3) is 0 Å². The summed E-state index contributed by atoms with van der Waals surface area (Å²) in [4.78, 5) is 0. The highest BCUT2D eigenvalue weighted by Gasteiger charge is 2.34. The lowest BCUT2D eigenvalue weighted by Crippen LogP contribution is -2.31. The Hall–Kier alpha value is 0.240. The van der Waals surface area contributed by atoms with E-state index in [9.17, 15) is 8.42 Å². The predicted molar refractivity (Wildman–Crippen MR) is 37.0 cm³/mol. The first-order valence-electron chi connectivity index (χ1n) is 2.93. The predicted octanol–water partition coefficient (Wildman–Crippen LogP) is 1.35. The summed E-state index contributed by atoms with van der Waals surface area (Å²) in [5, 5.41) is -0.255. The average Bonchev–Trinajstić information content (AvgIpc) is 1.55. The van der Waals surface area contributed by atoms with E-state index < -0.39 is 9.05 Å².